The second kappa shape index (κ2) is 2.60. The van der Waals surface area contributed by atoms with Crippen LogP contribution in [0, 0.1) is 0 Å². The summed E-state index contributed by atoms with van der Waals surface area (Å²) >= 11 is 5.78. The molecule has 2 aromatic rings. The molecule has 1 N–H and O–H groups in total. The predicted octanol–water partition coefficient (Wildman–Crippen LogP) is 2.03. The van der Waals surface area contributed by atoms with E-state index in [4.69, 9.17) is 11.6 Å². The van der Waals surface area contributed by atoms with E-state index in [1.807, 2.05) is 6.07 Å². The van der Waals surface area contributed by atoms with Crippen molar-refractivity contribution in [1.82, 2.24) is 9.97 Å². The van der Waals surface area contributed by atoms with E-state index in [1.165, 1.54) is 0 Å². The van der Waals surface area contributed by atoms with Crippen LogP contribution in [-0.4, -0.2) is 16.3 Å². The van der Waals surface area contributed by atoms with Crippen molar-refractivity contribution in [2.75, 3.05) is 0 Å². The standard InChI is InChI=1S/C8H5ClN2O/c9-8-7-5(1-2-10-7)3-6(4-12)11-8/h1-4,10H. The van der Waals surface area contributed by atoms with Gasteiger partial charge in [0.2, 0.25) is 0 Å². The van der Waals surface area contributed by atoms with E-state index in [0.717, 1.165) is 10.9 Å². The van der Waals surface area contributed by atoms with E-state index < -0.39 is 0 Å². The highest BCUT2D eigenvalue weighted by molar-refractivity contribution is 6.34. The highest BCUT2D eigenvalue weighted by Crippen LogP contribution is 2.19. The summed E-state index contributed by atoms with van der Waals surface area (Å²) in [6.45, 7) is 0. The molecule has 0 saturated carbocycles. The van der Waals surface area contributed by atoms with Crippen molar-refractivity contribution < 1.29 is 4.79 Å². The predicted molar refractivity (Wildman–Crippen MR) is 46.5 cm³/mol. The summed E-state index contributed by atoms with van der Waals surface area (Å²) in [5.74, 6) is 0. The third-order valence-electron chi connectivity index (χ3n) is 1.64. The van der Waals surface area contributed by atoms with Crippen molar-refractivity contribution >= 4 is 28.8 Å². The maximum Gasteiger partial charge on any atom is 0.168 e. The molecule has 0 amide bonds. The number of aldehydes is 1. The molecule has 2 aromatic heterocycles. The second-order valence-electron chi connectivity index (χ2n) is 2.40. The molecule has 12 heavy (non-hydrogen) atoms. The smallest absolute Gasteiger partial charge is 0.168 e. The number of H-pyrrole nitrogens is 1. The minimum atomic E-state index is 0.333. The number of fused-ring (bicyclic) bond motifs is 1. The first-order valence-electron chi connectivity index (χ1n) is 3.40. The molecule has 60 valence electrons. The highest BCUT2D eigenvalue weighted by atomic mass is 35.5. The largest absolute Gasteiger partial charge is 0.359 e. The van der Waals surface area contributed by atoms with Crippen molar-refractivity contribution in [1.29, 1.82) is 0 Å². The first kappa shape index (κ1) is 7.31. The number of carbonyl (C=O) groups is 1. The Morgan fingerprint density at radius 1 is 1.58 bits per heavy atom. The average molecular weight is 181 g/mol. The lowest BCUT2D eigenvalue weighted by Gasteiger charge is -1.94. The fraction of sp³-hybridized carbons (Fsp3) is 0. The van der Waals surface area contributed by atoms with Gasteiger partial charge in [0, 0.05) is 11.6 Å². The van der Waals surface area contributed by atoms with Gasteiger partial charge in [0.05, 0.1) is 5.52 Å². The van der Waals surface area contributed by atoms with Crippen molar-refractivity contribution in [2.24, 2.45) is 0 Å². The van der Waals surface area contributed by atoms with E-state index in [2.05, 4.69) is 9.97 Å². The molecule has 0 unspecified atom stereocenters. The lowest BCUT2D eigenvalue weighted by Crippen LogP contribution is -1.86. The van der Waals surface area contributed by atoms with Crippen LogP contribution in [0.5, 0.6) is 0 Å². The summed E-state index contributed by atoms with van der Waals surface area (Å²) in [6.07, 6.45) is 2.44. The zero-order chi connectivity index (χ0) is 8.55. The lowest BCUT2D eigenvalue weighted by molar-refractivity contribution is 0.111. The quantitative estimate of drug-likeness (QED) is 0.539. The van der Waals surface area contributed by atoms with Crippen molar-refractivity contribution in [2.45, 2.75) is 0 Å². The molecule has 0 radical (unpaired) electrons. The molecule has 0 spiro atoms. The first-order valence-corrected chi connectivity index (χ1v) is 3.78. The summed E-state index contributed by atoms with van der Waals surface area (Å²) in [5, 5.41) is 1.23. The Morgan fingerprint density at radius 3 is 3.17 bits per heavy atom. The third-order valence-corrected chi connectivity index (χ3v) is 1.91. The Kier molecular flexibility index (Phi) is 1.59. The Balaban J connectivity index is 2.83. The van der Waals surface area contributed by atoms with Crippen LogP contribution in [0.25, 0.3) is 10.9 Å². The van der Waals surface area contributed by atoms with Gasteiger partial charge in [0.1, 0.15) is 5.69 Å². The van der Waals surface area contributed by atoms with Gasteiger partial charge in [-0.25, -0.2) is 4.98 Å². The number of hydrogen-bond donors (Lipinski definition) is 1. The molecule has 2 heterocycles. The zero-order valence-electron chi connectivity index (χ0n) is 6.04. The van der Waals surface area contributed by atoms with E-state index >= 15 is 0 Å². The topological polar surface area (TPSA) is 45.8 Å². The Morgan fingerprint density at radius 2 is 2.42 bits per heavy atom. The van der Waals surface area contributed by atoms with E-state index in [0.29, 0.717) is 17.1 Å². The number of rotatable bonds is 1. The normalized spacial score (nSPS) is 10.4. The maximum atomic E-state index is 10.4. The van der Waals surface area contributed by atoms with E-state index in [1.54, 1.807) is 12.3 Å². The molecule has 4 heteroatoms. The fourth-order valence-electron chi connectivity index (χ4n) is 1.10. The zero-order valence-corrected chi connectivity index (χ0v) is 6.80. The van der Waals surface area contributed by atoms with Crippen LogP contribution in [0.3, 0.4) is 0 Å². The summed E-state index contributed by atoms with van der Waals surface area (Å²) < 4.78 is 0. The minimum absolute atomic E-state index is 0.333. The van der Waals surface area contributed by atoms with Crippen LogP contribution in [0.15, 0.2) is 18.3 Å². The van der Waals surface area contributed by atoms with Crippen LogP contribution in [-0.2, 0) is 0 Å². The maximum absolute atomic E-state index is 10.4. The van der Waals surface area contributed by atoms with Gasteiger partial charge in [-0.15, -0.1) is 0 Å². The Labute approximate surface area is 73.4 Å². The van der Waals surface area contributed by atoms with Gasteiger partial charge in [0.15, 0.2) is 11.4 Å². The second-order valence-corrected chi connectivity index (χ2v) is 2.76. The SMILES string of the molecule is O=Cc1cc2cc[nH]c2c(Cl)n1. The van der Waals surface area contributed by atoms with Gasteiger partial charge >= 0.3 is 0 Å². The Hall–Kier alpha value is -1.35. The molecular weight excluding hydrogens is 176 g/mol. The van der Waals surface area contributed by atoms with E-state index in [-0.39, 0.29) is 0 Å². The minimum Gasteiger partial charge on any atom is -0.359 e. The van der Waals surface area contributed by atoms with Crippen LogP contribution < -0.4 is 0 Å². The van der Waals surface area contributed by atoms with Crippen LogP contribution in [0.4, 0.5) is 0 Å². The van der Waals surface area contributed by atoms with Crippen molar-refractivity contribution in [3.63, 3.8) is 0 Å². The van der Waals surface area contributed by atoms with Crippen LogP contribution in [0.1, 0.15) is 10.5 Å². The molecule has 0 aliphatic carbocycles. The highest BCUT2D eigenvalue weighted by Gasteiger charge is 2.03. The number of pyridine rings is 1. The van der Waals surface area contributed by atoms with Crippen molar-refractivity contribution in [3.8, 4) is 0 Å². The molecule has 0 saturated heterocycles. The molecule has 0 fully saturated rings. The molecule has 0 bridgehead atoms. The summed E-state index contributed by atoms with van der Waals surface area (Å²) in [7, 11) is 0. The molecule has 0 aliphatic rings. The number of nitrogens with zero attached hydrogens (tertiary/aromatic N) is 1. The summed E-state index contributed by atoms with van der Waals surface area (Å²) in [6, 6.07) is 3.53. The number of nitrogens with one attached hydrogen (secondary N) is 1. The number of aromatic amines is 1. The van der Waals surface area contributed by atoms with Gasteiger partial charge < -0.3 is 4.98 Å². The molecule has 2 rings (SSSR count). The van der Waals surface area contributed by atoms with Gasteiger partial charge in [-0.2, -0.15) is 0 Å². The van der Waals surface area contributed by atoms with Gasteiger partial charge in [-0.3, -0.25) is 4.79 Å². The third kappa shape index (κ3) is 0.987. The molecule has 0 atom stereocenters. The number of hydrogen-bond acceptors (Lipinski definition) is 2. The molecular formula is C8H5ClN2O. The molecule has 0 aliphatic heterocycles. The van der Waals surface area contributed by atoms with Gasteiger partial charge in [0.25, 0.3) is 0 Å². The molecule has 0 aromatic carbocycles. The average Bonchev–Trinajstić information content (AvgIpc) is 2.52. The summed E-state index contributed by atoms with van der Waals surface area (Å²) in [5.41, 5.74) is 1.12. The molecule has 3 nitrogen and oxygen atoms in total. The monoisotopic (exact) mass is 180 g/mol. The van der Waals surface area contributed by atoms with E-state index in [9.17, 15) is 4.79 Å². The number of carbonyl (C=O) groups excluding carboxylic acids is 1. The van der Waals surface area contributed by atoms with Gasteiger partial charge in [-0.1, -0.05) is 11.6 Å². The Bertz CT molecular complexity index is 436. The fourth-order valence-corrected chi connectivity index (χ4v) is 1.36. The lowest BCUT2D eigenvalue weighted by atomic mass is 10.3. The first-order chi connectivity index (χ1) is 5.81. The van der Waals surface area contributed by atoms with Crippen LogP contribution >= 0.6 is 11.6 Å². The summed E-state index contributed by atoms with van der Waals surface area (Å²) in [4.78, 5) is 17.2. The van der Waals surface area contributed by atoms with Gasteiger partial charge in [-0.05, 0) is 12.1 Å². The van der Waals surface area contributed by atoms with Crippen LogP contribution in [0.2, 0.25) is 5.15 Å². The number of halogens is 1. The number of aromatic nitrogens is 2. The van der Waals surface area contributed by atoms with Crippen molar-refractivity contribution in [3.05, 3.63) is 29.2 Å².